The molecule has 0 radical (unpaired) electrons. The minimum atomic E-state index is -0.364. The first kappa shape index (κ1) is 13.2. The normalized spacial score (nSPS) is 44.2. The van der Waals surface area contributed by atoms with Crippen molar-refractivity contribution in [3.8, 4) is 0 Å². The van der Waals surface area contributed by atoms with Crippen molar-refractivity contribution in [3.63, 3.8) is 0 Å². The van der Waals surface area contributed by atoms with Crippen LogP contribution in [0.2, 0.25) is 0 Å². The zero-order chi connectivity index (χ0) is 13.9. The van der Waals surface area contributed by atoms with E-state index in [1.807, 2.05) is 0 Å². The number of carbonyl (C=O) groups excluding carboxylic acids is 1. The van der Waals surface area contributed by atoms with Gasteiger partial charge in [0.1, 0.15) is 5.60 Å². The van der Waals surface area contributed by atoms with Crippen molar-refractivity contribution < 1.29 is 9.53 Å². The van der Waals surface area contributed by atoms with Gasteiger partial charge in [-0.25, -0.2) is 4.79 Å². The van der Waals surface area contributed by atoms with Crippen LogP contribution in [-0.2, 0) is 9.53 Å². The first-order valence-electron chi connectivity index (χ1n) is 7.63. The third-order valence-corrected chi connectivity index (χ3v) is 6.15. The van der Waals surface area contributed by atoms with Gasteiger partial charge in [-0.05, 0) is 69.6 Å². The average molecular weight is 262 g/mol. The molecule has 0 aromatic heterocycles. The predicted molar refractivity (Wildman–Crippen MR) is 75.6 cm³/mol. The van der Waals surface area contributed by atoms with Gasteiger partial charge in [-0.1, -0.05) is 13.5 Å². The van der Waals surface area contributed by atoms with Gasteiger partial charge in [0.05, 0.1) is 0 Å². The van der Waals surface area contributed by atoms with E-state index in [0.717, 1.165) is 11.8 Å². The zero-order valence-electron chi connectivity index (χ0n) is 12.5. The van der Waals surface area contributed by atoms with Gasteiger partial charge in [-0.15, -0.1) is 0 Å². The van der Waals surface area contributed by atoms with Gasteiger partial charge in [0, 0.05) is 11.5 Å². The first-order valence-corrected chi connectivity index (χ1v) is 7.63. The van der Waals surface area contributed by atoms with Crippen LogP contribution in [0.25, 0.3) is 0 Å². The number of carbonyl (C=O) groups is 1. The Balaban J connectivity index is 1.90. The quantitative estimate of drug-likeness (QED) is 0.565. The van der Waals surface area contributed by atoms with Gasteiger partial charge >= 0.3 is 5.97 Å². The fourth-order valence-corrected chi connectivity index (χ4v) is 5.83. The van der Waals surface area contributed by atoms with Crippen molar-refractivity contribution in [2.24, 2.45) is 22.7 Å². The van der Waals surface area contributed by atoms with E-state index < -0.39 is 0 Å². The van der Waals surface area contributed by atoms with Gasteiger partial charge in [0.2, 0.25) is 0 Å². The topological polar surface area (TPSA) is 26.3 Å². The monoisotopic (exact) mass is 262 g/mol. The Hall–Kier alpha value is -0.790. The van der Waals surface area contributed by atoms with Gasteiger partial charge in [-0.2, -0.15) is 0 Å². The molecule has 0 amide bonds. The Morgan fingerprint density at radius 2 is 1.84 bits per heavy atom. The van der Waals surface area contributed by atoms with Crippen molar-refractivity contribution in [3.05, 3.63) is 12.7 Å². The van der Waals surface area contributed by atoms with Crippen LogP contribution in [0.5, 0.6) is 0 Å². The largest absolute Gasteiger partial charge is 0.456 e. The van der Waals surface area contributed by atoms with Gasteiger partial charge < -0.3 is 4.74 Å². The molecule has 106 valence electrons. The molecule has 0 spiro atoms. The Bertz CT molecular complexity index is 407. The lowest BCUT2D eigenvalue weighted by molar-refractivity contribution is -0.208. The van der Waals surface area contributed by atoms with Crippen molar-refractivity contribution in [2.45, 2.75) is 64.9 Å². The molecule has 4 aliphatic rings. The van der Waals surface area contributed by atoms with Crippen LogP contribution in [0.15, 0.2) is 12.7 Å². The summed E-state index contributed by atoms with van der Waals surface area (Å²) in [5, 5.41) is 0. The molecule has 4 bridgehead atoms. The molecule has 2 nitrogen and oxygen atoms in total. The van der Waals surface area contributed by atoms with Crippen molar-refractivity contribution >= 4 is 5.97 Å². The zero-order valence-corrected chi connectivity index (χ0v) is 12.5. The Morgan fingerprint density at radius 1 is 1.26 bits per heavy atom. The van der Waals surface area contributed by atoms with E-state index in [2.05, 4.69) is 27.4 Å². The van der Waals surface area contributed by atoms with Crippen LogP contribution in [0, 0.1) is 22.7 Å². The van der Waals surface area contributed by atoms with Crippen LogP contribution < -0.4 is 0 Å². The predicted octanol–water partition coefficient (Wildman–Crippen LogP) is 4.10. The summed E-state index contributed by atoms with van der Waals surface area (Å²) < 4.78 is 5.76. The summed E-state index contributed by atoms with van der Waals surface area (Å²) in [5.41, 5.74) is 0.323. The summed E-state index contributed by atoms with van der Waals surface area (Å²) in [5.74, 6) is 1.44. The third kappa shape index (κ3) is 1.95. The van der Waals surface area contributed by atoms with Gasteiger partial charge in [0.25, 0.3) is 0 Å². The highest BCUT2D eigenvalue weighted by molar-refractivity contribution is 5.81. The lowest BCUT2D eigenvalue weighted by Crippen LogP contribution is -2.60. The third-order valence-electron chi connectivity index (χ3n) is 6.15. The molecule has 2 atom stereocenters. The minimum Gasteiger partial charge on any atom is -0.456 e. The molecular formula is C17H26O2. The van der Waals surface area contributed by atoms with Crippen LogP contribution in [-0.4, -0.2) is 11.6 Å². The Kier molecular flexibility index (Phi) is 2.69. The average Bonchev–Trinajstić information content (AvgIpc) is 2.24. The van der Waals surface area contributed by atoms with Crippen LogP contribution in [0.3, 0.4) is 0 Å². The number of hydrogen-bond acceptors (Lipinski definition) is 2. The summed E-state index contributed by atoms with van der Waals surface area (Å²) >= 11 is 0. The van der Waals surface area contributed by atoms with Crippen LogP contribution in [0.1, 0.15) is 59.3 Å². The molecule has 2 unspecified atom stereocenters. The van der Waals surface area contributed by atoms with E-state index in [9.17, 15) is 4.79 Å². The fourth-order valence-electron chi connectivity index (χ4n) is 5.83. The van der Waals surface area contributed by atoms with Crippen molar-refractivity contribution in [1.29, 1.82) is 0 Å². The second-order valence-corrected chi connectivity index (χ2v) is 8.19. The molecule has 4 rings (SSSR count). The van der Waals surface area contributed by atoms with Crippen LogP contribution >= 0.6 is 0 Å². The summed E-state index contributed by atoms with van der Waals surface area (Å²) in [4.78, 5) is 11.7. The fraction of sp³-hybridized carbons (Fsp3) is 0.824. The summed E-state index contributed by atoms with van der Waals surface area (Å²) in [6, 6.07) is 0. The second-order valence-electron chi connectivity index (χ2n) is 8.19. The lowest BCUT2D eigenvalue weighted by atomic mass is 9.41. The van der Waals surface area contributed by atoms with E-state index in [1.165, 1.54) is 44.6 Å². The van der Waals surface area contributed by atoms with E-state index in [-0.39, 0.29) is 17.0 Å². The molecule has 4 aliphatic carbocycles. The molecule has 19 heavy (non-hydrogen) atoms. The SMILES string of the molecule is C=CC(=O)OC(C)(C)C12CC3CC(CC(C)(C3)C1)C2. The summed E-state index contributed by atoms with van der Waals surface area (Å²) in [6.07, 6.45) is 9.19. The maximum atomic E-state index is 11.7. The first-order chi connectivity index (χ1) is 8.78. The minimum absolute atomic E-state index is 0.199. The second kappa shape index (κ2) is 3.86. The van der Waals surface area contributed by atoms with E-state index in [4.69, 9.17) is 4.74 Å². The van der Waals surface area contributed by atoms with Gasteiger partial charge in [0.15, 0.2) is 0 Å². The summed E-state index contributed by atoms with van der Waals surface area (Å²) in [7, 11) is 0. The molecule has 4 saturated carbocycles. The van der Waals surface area contributed by atoms with E-state index in [0.29, 0.717) is 5.41 Å². The van der Waals surface area contributed by atoms with Crippen molar-refractivity contribution in [1.82, 2.24) is 0 Å². The molecule has 0 aliphatic heterocycles. The van der Waals surface area contributed by atoms with Crippen molar-refractivity contribution in [2.75, 3.05) is 0 Å². The Labute approximate surface area is 116 Å². The molecule has 0 heterocycles. The highest BCUT2D eigenvalue weighted by Gasteiger charge is 2.62. The highest BCUT2D eigenvalue weighted by atomic mass is 16.6. The number of ether oxygens (including phenoxy) is 1. The standard InChI is InChI=1S/C17H26O2/c1-5-14(18)19-15(2,3)17-9-12-6-13(10-17)8-16(4,7-12)11-17/h5,12-13H,1,6-11H2,2-4H3. The number of rotatable bonds is 3. The Morgan fingerprint density at radius 3 is 2.32 bits per heavy atom. The molecule has 0 saturated heterocycles. The molecule has 0 N–H and O–H groups in total. The molecule has 0 aromatic carbocycles. The smallest absolute Gasteiger partial charge is 0.330 e. The number of hydrogen-bond donors (Lipinski definition) is 0. The maximum Gasteiger partial charge on any atom is 0.330 e. The lowest BCUT2D eigenvalue weighted by Gasteiger charge is -2.65. The summed E-state index contributed by atoms with van der Waals surface area (Å²) in [6.45, 7) is 10.2. The highest BCUT2D eigenvalue weighted by Crippen LogP contribution is 2.68. The molecular weight excluding hydrogens is 236 g/mol. The molecule has 2 heteroatoms. The maximum absolute atomic E-state index is 11.7. The van der Waals surface area contributed by atoms with Crippen LogP contribution in [0.4, 0.5) is 0 Å². The molecule has 4 fully saturated rings. The van der Waals surface area contributed by atoms with E-state index >= 15 is 0 Å². The number of esters is 1. The van der Waals surface area contributed by atoms with Gasteiger partial charge in [-0.3, -0.25) is 0 Å². The molecule has 0 aromatic rings. The van der Waals surface area contributed by atoms with E-state index in [1.54, 1.807) is 0 Å².